The van der Waals surface area contributed by atoms with Crippen LogP contribution in [0.2, 0.25) is 0 Å². The van der Waals surface area contributed by atoms with E-state index in [1.807, 2.05) is 0 Å². The van der Waals surface area contributed by atoms with Gasteiger partial charge in [0, 0.05) is 18.3 Å². The summed E-state index contributed by atoms with van der Waals surface area (Å²) >= 11 is 0. The van der Waals surface area contributed by atoms with Crippen LogP contribution in [0.5, 0.6) is 0 Å². The van der Waals surface area contributed by atoms with Gasteiger partial charge in [-0.2, -0.15) is 0 Å². The quantitative estimate of drug-likeness (QED) is 0.528. The molecule has 1 aliphatic heterocycles. The Balaban J connectivity index is 2.85. The lowest BCUT2D eigenvalue weighted by Gasteiger charge is -2.25. The van der Waals surface area contributed by atoms with Crippen LogP contribution in [0.25, 0.3) is 0 Å². The van der Waals surface area contributed by atoms with Gasteiger partial charge in [0.2, 0.25) is 5.60 Å². The maximum Gasteiger partial charge on any atom is 0.266 e. The molecule has 7 nitrogen and oxygen atoms in total. The highest BCUT2D eigenvalue weighted by Crippen LogP contribution is 2.32. The summed E-state index contributed by atoms with van der Waals surface area (Å²) in [6.07, 6.45) is 0.496. The van der Waals surface area contributed by atoms with Crippen molar-refractivity contribution in [3.63, 3.8) is 0 Å². The summed E-state index contributed by atoms with van der Waals surface area (Å²) in [7, 11) is 0. The molecule has 0 aromatic carbocycles. The molecule has 2 N–H and O–H groups in total. The molecule has 0 spiro atoms. The number of nitrogens with two attached hydrogens (primary N) is 1. The SMILES string of the molecule is CCC1(C(C)[N+](=O)[O-])CC(C(N)=O)=NO1. The van der Waals surface area contributed by atoms with Gasteiger partial charge >= 0.3 is 0 Å². The van der Waals surface area contributed by atoms with E-state index in [0.29, 0.717) is 6.42 Å². The number of nitrogens with zero attached hydrogens (tertiary/aromatic N) is 2. The van der Waals surface area contributed by atoms with Crippen molar-refractivity contribution in [1.82, 2.24) is 0 Å². The van der Waals surface area contributed by atoms with Crippen molar-refractivity contribution in [2.45, 2.75) is 38.3 Å². The fourth-order valence-corrected chi connectivity index (χ4v) is 1.53. The van der Waals surface area contributed by atoms with Gasteiger partial charge < -0.3 is 10.6 Å². The van der Waals surface area contributed by atoms with Crippen LogP contribution in [0.15, 0.2) is 5.16 Å². The second kappa shape index (κ2) is 3.84. The molecule has 84 valence electrons. The molecule has 0 saturated heterocycles. The Morgan fingerprint density at radius 3 is 2.80 bits per heavy atom. The fourth-order valence-electron chi connectivity index (χ4n) is 1.53. The smallest absolute Gasteiger partial charge is 0.266 e. The van der Waals surface area contributed by atoms with Crippen LogP contribution < -0.4 is 5.73 Å². The predicted molar refractivity (Wildman–Crippen MR) is 51.8 cm³/mol. The third-order valence-corrected chi connectivity index (χ3v) is 2.76. The number of hydrogen-bond acceptors (Lipinski definition) is 5. The van der Waals surface area contributed by atoms with Crippen molar-refractivity contribution >= 4 is 11.6 Å². The molecule has 0 saturated carbocycles. The first-order chi connectivity index (χ1) is 6.93. The number of carbonyl (C=O) groups excluding carboxylic acids is 1. The Kier molecular flexibility index (Phi) is 2.92. The van der Waals surface area contributed by atoms with Crippen LogP contribution in [0.3, 0.4) is 0 Å². The summed E-state index contributed by atoms with van der Waals surface area (Å²) in [5, 5.41) is 14.2. The van der Waals surface area contributed by atoms with Gasteiger partial charge in [0.15, 0.2) is 0 Å². The zero-order valence-electron chi connectivity index (χ0n) is 8.60. The zero-order chi connectivity index (χ0) is 11.6. The van der Waals surface area contributed by atoms with Crippen molar-refractivity contribution in [2.75, 3.05) is 0 Å². The molecule has 0 aromatic rings. The number of primary amides is 1. The van der Waals surface area contributed by atoms with Crippen molar-refractivity contribution in [2.24, 2.45) is 10.9 Å². The van der Waals surface area contributed by atoms with E-state index in [9.17, 15) is 14.9 Å². The first-order valence-corrected chi connectivity index (χ1v) is 4.61. The first kappa shape index (κ1) is 11.4. The highest BCUT2D eigenvalue weighted by Gasteiger charge is 2.50. The first-order valence-electron chi connectivity index (χ1n) is 4.61. The van der Waals surface area contributed by atoms with Crippen LogP contribution in [0, 0.1) is 10.1 Å². The number of oxime groups is 1. The molecule has 0 radical (unpaired) electrons. The zero-order valence-corrected chi connectivity index (χ0v) is 8.60. The summed E-state index contributed by atoms with van der Waals surface area (Å²) < 4.78 is 0. The van der Waals surface area contributed by atoms with Gasteiger partial charge in [0.25, 0.3) is 11.9 Å². The normalized spacial score (nSPS) is 26.7. The molecule has 0 aromatic heterocycles. The molecule has 7 heteroatoms. The summed E-state index contributed by atoms with van der Waals surface area (Å²) in [6, 6.07) is -0.928. The molecule has 2 unspecified atom stereocenters. The average molecular weight is 215 g/mol. The van der Waals surface area contributed by atoms with E-state index in [4.69, 9.17) is 10.6 Å². The van der Waals surface area contributed by atoms with Gasteiger partial charge in [0.05, 0.1) is 0 Å². The Morgan fingerprint density at radius 1 is 1.87 bits per heavy atom. The molecule has 1 amide bonds. The second-order valence-corrected chi connectivity index (χ2v) is 3.55. The van der Waals surface area contributed by atoms with Gasteiger partial charge in [-0.05, 0) is 6.42 Å². The number of nitro groups is 1. The third kappa shape index (κ3) is 1.90. The summed E-state index contributed by atoms with van der Waals surface area (Å²) in [5.74, 6) is -0.694. The Hall–Kier alpha value is -1.66. The summed E-state index contributed by atoms with van der Waals surface area (Å²) in [6.45, 7) is 3.18. The molecule has 1 heterocycles. The highest BCUT2D eigenvalue weighted by atomic mass is 16.7. The van der Waals surface area contributed by atoms with Gasteiger partial charge in [-0.1, -0.05) is 12.1 Å². The molecule has 0 fully saturated rings. The van der Waals surface area contributed by atoms with Crippen LogP contribution in [0.4, 0.5) is 0 Å². The summed E-state index contributed by atoms with van der Waals surface area (Å²) in [5.41, 5.74) is 4.06. The Bertz CT molecular complexity index is 328. The van der Waals surface area contributed by atoms with Gasteiger partial charge in [0.1, 0.15) is 5.71 Å². The predicted octanol–water partition coefficient (Wildman–Crippen LogP) is 0.0620. The lowest BCUT2D eigenvalue weighted by molar-refractivity contribution is -0.541. The molecule has 0 bridgehead atoms. The number of rotatable bonds is 4. The number of amides is 1. The van der Waals surface area contributed by atoms with Crippen LogP contribution >= 0.6 is 0 Å². The van der Waals surface area contributed by atoms with E-state index in [-0.39, 0.29) is 12.1 Å². The Labute approximate surface area is 86.4 Å². The van der Waals surface area contributed by atoms with Crippen LogP contribution in [-0.2, 0) is 9.63 Å². The lowest BCUT2D eigenvalue weighted by atomic mass is 9.87. The Morgan fingerprint density at radius 2 is 2.47 bits per heavy atom. The molecule has 1 rings (SSSR count). The standard InChI is InChI=1S/C8H13N3O4/c1-3-8(5(2)11(13)14)4-6(7(9)12)10-15-8/h5H,3-4H2,1-2H3,(H2,9,12). The van der Waals surface area contributed by atoms with E-state index in [1.165, 1.54) is 6.92 Å². The monoisotopic (exact) mass is 215 g/mol. The largest absolute Gasteiger partial charge is 0.381 e. The topological polar surface area (TPSA) is 108 Å². The fraction of sp³-hybridized carbons (Fsp3) is 0.750. The van der Waals surface area contributed by atoms with E-state index in [0.717, 1.165) is 0 Å². The summed E-state index contributed by atoms with van der Waals surface area (Å²) in [4.78, 5) is 26.1. The van der Waals surface area contributed by atoms with E-state index in [2.05, 4.69) is 5.16 Å². The molecule has 1 aliphatic rings. The van der Waals surface area contributed by atoms with Crippen LogP contribution in [0.1, 0.15) is 26.7 Å². The molecular formula is C8H13N3O4. The third-order valence-electron chi connectivity index (χ3n) is 2.76. The average Bonchev–Trinajstić information content (AvgIpc) is 2.62. The molecule has 2 atom stereocenters. The van der Waals surface area contributed by atoms with Crippen molar-refractivity contribution < 1.29 is 14.6 Å². The maximum atomic E-state index is 10.8. The molecule has 15 heavy (non-hydrogen) atoms. The molecule has 0 aliphatic carbocycles. The number of hydrogen-bond donors (Lipinski definition) is 1. The van der Waals surface area contributed by atoms with E-state index >= 15 is 0 Å². The van der Waals surface area contributed by atoms with Gasteiger partial charge in [-0.3, -0.25) is 14.9 Å². The van der Waals surface area contributed by atoms with Crippen molar-refractivity contribution in [3.8, 4) is 0 Å². The maximum absolute atomic E-state index is 10.8. The lowest BCUT2D eigenvalue weighted by Crippen LogP contribution is -2.45. The van der Waals surface area contributed by atoms with E-state index in [1.54, 1.807) is 6.92 Å². The van der Waals surface area contributed by atoms with E-state index < -0.39 is 22.5 Å². The van der Waals surface area contributed by atoms with Gasteiger partial charge in [-0.15, -0.1) is 0 Å². The molecular weight excluding hydrogens is 202 g/mol. The van der Waals surface area contributed by atoms with Crippen molar-refractivity contribution in [1.29, 1.82) is 0 Å². The second-order valence-electron chi connectivity index (χ2n) is 3.55. The van der Waals surface area contributed by atoms with Crippen LogP contribution in [-0.4, -0.2) is 28.2 Å². The minimum Gasteiger partial charge on any atom is -0.381 e. The number of carbonyl (C=O) groups is 1. The minimum atomic E-state index is -1.03. The van der Waals surface area contributed by atoms with Crippen molar-refractivity contribution in [3.05, 3.63) is 10.1 Å². The van der Waals surface area contributed by atoms with Gasteiger partial charge in [-0.25, -0.2) is 0 Å². The minimum absolute atomic E-state index is 0.0607. The highest BCUT2D eigenvalue weighted by molar-refractivity contribution is 6.38.